The molecule has 2 aliphatic rings. The van der Waals surface area contributed by atoms with Crippen LogP contribution in [0, 0.1) is 0 Å². The first-order valence-electron chi connectivity index (χ1n) is 8.57. The molecule has 3 nitrogen and oxygen atoms in total. The minimum absolute atomic E-state index is 0.0861. The number of nitrogens with one attached hydrogen (secondary N) is 1. The summed E-state index contributed by atoms with van der Waals surface area (Å²) < 4.78 is 12.2. The van der Waals surface area contributed by atoms with Crippen LogP contribution in [0.25, 0.3) is 0 Å². The van der Waals surface area contributed by atoms with Crippen molar-refractivity contribution in [2.75, 3.05) is 13.7 Å². The highest BCUT2D eigenvalue weighted by molar-refractivity contribution is 4.89. The molecule has 0 aromatic carbocycles. The van der Waals surface area contributed by atoms with Gasteiger partial charge in [0.2, 0.25) is 0 Å². The van der Waals surface area contributed by atoms with E-state index in [4.69, 9.17) is 9.47 Å². The Hall–Kier alpha value is -0.120. The maximum Gasteiger partial charge on any atom is 0.0810 e. The molecule has 0 amide bonds. The molecule has 0 radical (unpaired) electrons. The van der Waals surface area contributed by atoms with Crippen LogP contribution in [0.5, 0.6) is 0 Å². The lowest BCUT2D eigenvalue weighted by atomic mass is 9.83. The van der Waals surface area contributed by atoms with Crippen LogP contribution < -0.4 is 5.32 Å². The molecular weight excluding hydrogens is 250 g/mol. The molecule has 2 atom stereocenters. The van der Waals surface area contributed by atoms with Crippen LogP contribution >= 0.6 is 0 Å². The minimum Gasteiger partial charge on any atom is -0.381 e. The van der Waals surface area contributed by atoms with Gasteiger partial charge in [-0.15, -0.1) is 0 Å². The maximum atomic E-state index is 6.66. The number of ether oxygens (including phenoxy) is 2. The van der Waals surface area contributed by atoms with Crippen molar-refractivity contribution in [3.63, 3.8) is 0 Å². The fourth-order valence-corrected chi connectivity index (χ4v) is 3.70. The van der Waals surface area contributed by atoms with Crippen LogP contribution in [0.4, 0.5) is 0 Å². The zero-order chi connectivity index (χ0) is 14.4. The van der Waals surface area contributed by atoms with E-state index in [-0.39, 0.29) is 5.60 Å². The molecule has 3 heteroatoms. The van der Waals surface area contributed by atoms with Crippen molar-refractivity contribution >= 4 is 0 Å². The Balaban J connectivity index is 1.92. The van der Waals surface area contributed by atoms with E-state index >= 15 is 0 Å². The van der Waals surface area contributed by atoms with Gasteiger partial charge in [-0.2, -0.15) is 0 Å². The lowest BCUT2D eigenvalue weighted by Gasteiger charge is -2.42. The Morgan fingerprint density at radius 1 is 1.05 bits per heavy atom. The largest absolute Gasteiger partial charge is 0.381 e. The summed E-state index contributed by atoms with van der Waals surface area (Å²) in [7, 11) is 1.84. The molecule has 0 aliphatic heterocycles. The van der Waals surface area contributed by atoms with Crippen LogP contribution in [0.1, 0.15) is 71.6 Å². The summed E-state index contributed by atoms with van der Waals surface area (Å²) in [5.74, 6) is 0. The number of methoxy groups -OCH3 is 1. The Bertz CT molecular complexity index is 274. The van der Waals surface area contributed by atoms with Gasteiger partial charge in [0, 0.05) is 19.7 Å². The smallest absolute Gasteiger partial charge is 0.0810 e. The summed E-state index contributed by atoms with van der Waals surface area (Å²) in [5.41, 5.74) is 0.0861. The average Bonchev–Trinajstić information content (AvgIpc) is 2.46. The Labute approximate surface area is 124 Å². The molecular formula is C17H33NO2. The van der Waals surface area contributed by atoms with E-state index in [0.29, 0.717) is 18.2 Å². The molecule has 0 aromatic rings. The molecule has 118 valence electrons. The summed E-state index contributed by atoms with van der Waals surface area (Å²) in [6.07, 6.45) is 12.0. The van der Waals surface area contributed by atoms with Crippen molar-refractivity contribution in [2.45, 2.75) is 95.5 Å². The standard InChI is InChI=1S/C17H33NO2/c1-14(2)18-13-17(10-5-4-6-11-17)20-16-9-7-8-15(12-16)19-3/h14-16,18H,4-13H2,1-3H3. The van der Waals surface area contributed by atoms with Crippen LogP contribution in [-0.2, 0) is 9.47 Å². The van der Waals surface area contributed by atoms with Crippen molar-refractivity contribution in [1.82, 2.24) is 5.32 Å². The van der Waals surface area contributed by atoms with Gasteiger partial charge >= 0.3 is 0 Å². The van der Waals surface area contributed by atoms with E-state index in [9.17, 15) is 0 Å². The molecule has 2 saturated carbocycles. The third-order valence-electron chi connectivity index (χ3n) is 4.93. The van der Waals surface area contributed by atoms with Crippen LogP contribution in [0.3, 0.4) is 0 Å². The Morgan fingerprint density at radius 2 is 1.75 bits per heavy atom. The lowest BCUT2D eigenvalue weighted by Crippen LogP contribution is -2.49. The first kappa shape index (κ1) is 16.3. The summed E-state index contributed by atoms with van der Waals surface area (Å²) in [6, 6.07) is 0.537. The molecule has 0 spiro atoms. The molecule has 2 rings (SSSR count). The lowest BCUT2D eigenvalue weighted by molar-refractivity contribution is -0.137. The SMILES string of the molecule is COC1CCCC(OC2(CNC(C)C)CCCCC2)C1. The fraction of sp³-hybridized carbons (Fsp3) is 1.00. The van der Waals surface area contributed by atoms with E-state index in [2.05, 4.69) is 19.2 Å². The maximum absolute atomic E-state index is 6.66. The summed E-state index contributed by atoms with van der Waals surface area (Å²) in [6.45, 7) is 5.45. The molecule has 2 unspecified atom stereocenters. The summed E-state index contributed by atoms with van der Waals surface area (Å²) in [4.78, 5) is 0. The van der Waals surface area contributed by atoms with Gasteiger partial charge in [-0.1, -0.05) is 33.1 Å². The average molecular weight is 283 g/mol. The van der Waals surface area contributed by atoms with Gasteiger partial charge in [-0.05, 0) is 38.5 Å². The Morgan fingerprint density at radius 3 is 2.40 bits per heavy atom. The summed E-state index contributed by atoms with van der Waals surface area (Å²) in [5, 5.41) is 3.61. The van der Waals surface area contributed by atoms with Crippen molar-refractivity contribution < 1.29 is 9.47 Å². The molecule has 0 heterocycles. The van der Waals surface area contributed by atoms with Crippen molar-refractivity contribution in [1.29, 1.82) is 0 Å². The highest BCUT2D eigenvalue weighted by Crippen LogP contribution is 2.35. The zero-order valence-corrected chi connectivity index (χ0v) is 13.6. The first-order valence-corrected chi connectivity index (χ1v) is 8.57. The van der Waals surface area contributed by atoms with Gasteiger partial charge in [0.15, 0.2) is 0 Å². The van der Waals surface area contributed by atoms with Crippen molar-refractivity contribution in [3.8, 4) is 0 Å². The van der Waals surface area contributed by atoms with Crippen LogP contribution in [0.2, 0.25) is 0 Å². The second kappa shape index (κ2) is 7.77. The van der Waals surface area contributed by atoms with Gasteiger partial charge < -0.3 is 14.8 Å². The third kappa shape index (κ3) is 4.71. The fourth-order valence-electron chi connectivity index (χ4n) is 3.70. The normalized spacial score (nSPS) is 30.6. The number of hydrogen-bond donors (Lipinski definition) is 1. The molecule has 1 N–H and O–H groups in total. The number of hydrogen-bond acceptors (Lipinski definition) is 3. The van der Waals surface area contributed by atoms with Gasteiger partial charge in [-0.25, -0.2) is 0 Å². The van der Waals surface area contributed by atoms with Crippen LogP contribution in [0.15, 0.2) is 0 Å². The topological polar surface area (TPSA) is 30.5 Å². The second-order valence-corrected chi connectivity index (χ2v) is 7.04. The van der Waals surface area contributed by atoms with Gasteiger partial charge in [0.05, 0.1) is 17.8 Å². The molecule has 0 aromatic heterocycles. The zero-order valence-electron chi connectivity index (χ0n) is 13.6. The van der Waals surface area contributed by atoms with E-state index < -0.39 is 0 Å². The monoisotopic (exact) mass is 283 g/mol. The molecule has 20 heavy (non-hydrogen) atoms. The van der Waals surface area contributed by atoms with E-state index in [1.54, 1.807) is 0 Å². The Kier molecular flexibility index (Phi) is 6.31. The van der Waals surface area contributed by atoms with E-state index in [1.165, 1.54) is 51.4 Å². The van der Waals surface area contributed by atoms with E-state index in [0.717, 1.165) is 13.0 Å². The predicted octanol–water partition coefficient (Wildman–Crippen LogP) is 3.66. The van der Waals surface area contributed by atoms with Crippen LogP contribution in [-0.4, -0.2) is 37.5 Å². The first-order chi connectivity index (χ1) is 9.63. The van der Waals surface area contributed by atoms with Crippen molar-refractivity contribution in [3.05, 3.63) is 0 Å². The number of rotatable bonds is 6. The molecule has 2 aliphatic carbocycles. The van der Waals surface area contributed by atoms with Gasteiger partial charge in [-0.3, -0.25) is 0 Å². The minimum atomic E-state index is 0.0861. The molecule has 2 fully saturated rings. The van der Waals surface area contributed by atoms with Crippen molar-refractivity contribution in [2.24, 2.45) is 0 Å². The highest BCUT2D eigenvalue weighted by Gasteiger charge is 2.36. The van der Waals surface area contributed by atoms with Gasteiger partial charge in [0.1, 0.15) is 0 Å². The van der Waals surface area contributed by atoms with E-state index in [1.807, 2.05) is 7.11 Å². The molecule has 0 saturated heterocycles. The third-order valence-corrected chi connectivity index (χ3v) is 4.93. The molecule has 0 bridgehead atoms. The second-order valence-electron chi connectivity index (χ2n) is 7.04. The quantitative estimate of drug-likeness (QED) is 0.807. The predicted molar refractivity (Wildman–Crippen MR) is 83.1 cm³/mol. The summed E-state index contributed by atoms with van der Waals surface area (Å²) >= 11 is 0. The highest BCUT2D eigenvalue weighted by atomic mass is 16.5. The van der Waals surface area contributed by atoms with Gasteiger partial charge in [0.25, 0.3) is 0 Å².